The molecule has 0 radical (unpaired) electrons. The van der Waals surface area contributed by atoms with Crippen LogP contribution in [0.4, 0.5) is 0 Å². The number of aromatic nitrogens is 2. The van der Waals surface area contributed by atoms with Gasteiger partial charge in [-0.2, -0.15) is 5.10 Å². The minimum Gasteiger partial charge on any atom is -0.449 e. The first-order chi connectivity index (χ1) is 12.4. The number of Topliss-reactive ketones (excluding diaryl/α,β-unsaturated/α-hetero) is 1. The van der Waals surface area contributed by atoms with Crippen molar-refractivity contribution in [1.29, 1.82) is 0 Å². The molecule has 132 valence electrons. The average Bonchev–Trinajstić information content (AvgIpc) is 2.64. The monoisotopic (exact) mass is 370 g/mol. The lowest BCUT2D eigenvalue weighted by atomic mass is 10.1. The van der Waals surface area contributed by atoms with Crippen LogP contribution >= 0.6 is 11.6 Å². The molecule has 0 fully saturated rings. The molecule has 0 saturated heterocycles. The summed E-state index contributed by atoms with van der Waals surface area (Å²) in [6.07, 6.45) is -1.01. The van der Waals surface area contributed by atoms with Gasteiger partial charge in [-0.05, 0) is 37.3 Å². The predicted octanol–water partition coefficient (Wildman–Crippen LogP) is 3.02. The summed E-state index contributed by atoms with van der Waals surface area (Å²) in [4.78, 5) is 37.1. The van der Waals surface area contributed by atoms with Gasteiger partial charge in [0.05, 0.1) is 5.39 Å². The fourth-order valence-electron chi connectivity index (χ4n) is 2.57. The van der Waals surface area contributed by atoms with Crippen LogP contribution < -0.4 is 5.56 Å². The Kier molecular flexibility index (Phi) is 4.86. The molecule has 0 aliphatic heterocycles. The first-order valence-corrected chi connectivity index (χ1v) is 8.23. The molecular formula is C19H15ClN2O4. The molecule has 0 aliphatic rings. The molecule has 1 atom stereocenters. The second-order valence-electron chi connectivity index (χ2n) is 5.74. The number of rotatable bonds is 4. The van der Waals surface area contributed by atoms with Gasteiger partial charge < -0.3 is 4.74 Å². The van der Waals surface area contributed by atoms with Crippen LogP contribution in [-0.2, 0) is 11.8 Å². The topological polar surface area (TPSA) is 78.3 Å². The van der Waals surface area contributed by atoms with Gasteiger partial charge in [-0.15, -0.1) is 0 Å². The van der Waals surface area contributed by atoms with E-state index in [1.54, 1.807) is 48.5 Å². The van der Waals surface area contributed by atoms with Gasteiger partial charge in [-0.3, -0.25) is 9.59 Å². The molecule has 1 aromatic heterocycles. The van der Waals surface area contributed by atoms with E-state index in [9.17, 15) is 14.4 Å². The molecular weight excluding hydrogens is 356 g/mol. The second-order valence-corrected chi connectivity index (χ2v) is 6.18. The van der Waals surface area contributed by atoms with Crippen molar-refractivity contribution in [1.82, 2.24) is 9.78 Å². The maximum Gasteiger partial charge on any atom is 0.360 e. The number of fused-ring (bicyclic) bond motifs is 1. The summed E-state index contributed by atoms with van der Waals surface area (Å²) in [6.45, 7) is 1.49. The molecule has 3 rings (SSSR count). The number of ether oxygens (including phenoxy) is 1. The second kappa shape index (κ2) is 7.09. The van der Waals surface area contributed by atoms with Crippen LogP contribution in [0.25, 0.3) is 10.8 Å². The molecule has 0 amide bonds. The highest BCUT2D eigenvalue weighted by atomic mass is 35.5. The smallest absolute Gasteiger partial charge is 0.360 e. The third-order valence-corrected chi connectivity index (χ3v) is 4.18. The molecule has 1 heterocycles. The number of ketones is 1. The van der Waals surface area contributed by atoms with Crippen molar-refractivity contribution in [3.63, 3.8) is 0 Å². The van der Waals surface area contributed by atoms with Crippen molar-refractivity contribution in [2.24, 2.45) is 7.05 Å². The predicted molar refractivity (Wildman–Crippen MR) is 97.6 cm³/mol. The van der Waals surface area contributed by atoms with Gasteiger partial charge >= 0.3 is 5.97 Å². The van der Waals surface area contributed by atoms with Gasteiger partial charge in [0.1, 0.15) is 0 Å². The van der Waals surface area contributed by atoms with Crippen LogP contribution in [0.5, 0.6) is 0 Å². The van der Waals surface area contributed by atoms with Crippen molar-refractivity contribution in [2.75, 3.05) is 0 Å². The van der Waals surface area contributed by atoms with Gasteiger partial charge in [0.25, 0.3) is 5.56 Å². The fourth-order valence-corrected chi connectivity index (χ4v) is 2.70. The molecule has 2 aromatic carbocycles. The minimum absolute atomic E-state index is 0.0153. The van der Waals surface area contributed by atoms with E-state index in [0.717, 1.165) is 4.68 Å². The summed E-state index contributed by atoms with van der Waals surface area (Å²) in [5, 5.41) is 5.24. The van der Waals surface area contributed by atoms with Crippen LogP contribution in [0.1, 0.15) is 27.8 Å². The lowest BCUT2D eigenvalue weighted by Crippen LogP contribution is -2.28. The summed E-state index contributed by atoms with van der Waals surface area (Å²) in [6, 6.07) is 12.9. The standard InChI is InChI=1S/C19H15ClN2O4/c1-11(17(23)12-7-9-13(20)10-8-12)26-19(25)16-14-5-3-4-6-15(14)18(24)22(2)21-16/h3-11H,1-2H3/t11-/m0/s1. The lowest BCUT2D eigenvalue weighted by molar-refractivity contribution is 0.0313. The van der Waals surface area contributed by atoms with Gasteiger partial charge in [-0.1, -0.05) is 29.8 Å². The summed E-state index contributed by atoms with van der Waals surface area (Å²) in [5.41, 5.74) is 0.0499. The first kappa shape index (κ1) is 17.8. The van der Waals surface area contributed by atoms with E-state index in [2.05, 4.69) is 5.10 Å². The quantitative estimate of drug-likeness (QED) is 0.521. The highest BCUT2D eigenvalue weighted by Crippen LogP contribution is 2.16. The molecule has 0 aliphatic carbocycles. The van der Waals surface area contributed by atoms with E-state index in [4.69, 9.17) is 16.3 Å². The third-order valence-electron chi connectivity index (χ3n) is 3.93. The fraction of sp³-hybridized carbons (Fsp3) is 0.158. The minimum atomic E-state index is -1.01. The van der Waals surface area contributed by atoms with Crippen molar-refractivity contribution in [3.8, 4) is 0 Å². The Labute approximate surface area is 154 Å². The van der Waals surface area contributed by atoms with Gasteiger partial charge in [0, 0.05) is 23.0 Å². The average molecular weight is 371 g/mol. The van der Waals surface area contributed by atoms with E-state index in [0.29, 0.717) is 21.4 Å². The van der Waals surface area contributed by atoms with Gasteiger partial charge in [0.2, 0.25) is 5.78 Å². The van der Waals surface area contributed by atoms with E-state index in [1.807, 2.05) is 0 Å². The summed E-state index contributed by atoms with van der Waals surface area (Å²) >= 11 is 5.81. The van der Waals surface area contributed by atoms with Crippen LogP contribution in [0.2, 0.25) is 5.02 Å². The molecule has 0 bridgehead atoms. The molecule has 7 heteroatoms. The largest absolute Gasteiger partial charge is 0.449 e. The van der Waals surface area contributed by atoms with Gasteiger partial charge in [-0.25, -0.2) is 9.48 Å². The Morgan fingerprint density at radius 2 is 1.69 bits per heavy atom. The summed E-state index contributed by atoms with van der Waals surface area (Å²) in [5.74, 6) is -1.13. The molecule has 6 nitrogen and oxygen atoms in total. The zero-order chi connectivity index (χ0) is 18.8. The highest BCUT2D eigenvalue weighted by molar-refractivity contribution is 6.30. The molecule has 3 aromatic rings. The van der Waals surface area contributed by atoms with Crippen molar-refractivity contribution >= 4 is 34.1 Å². The third kappa shape index (κ3) is 3.36. The molecule has 0 unspecified atom stereocenters. The zero-order valence-corrected chi connectivity index (χ0v) is 14.9. The number of carbonyl (C=O) groups excluding carboxylic acids is 2. The Hall–Kier alpha value is -2.99. The normalized spacial score (nSPS) is 12.0. The molecule has 0 spiro atoms. The SMILES string of the molecule is C[C@H](OC(=O)c1nn(C)c(=O)c2ccccc12)C(=O)c1ccc(Cl)cc1. The Balaban J connectivity index is 1.89. The number of aryl methyl sites for hydroxylation is 1. The number of esters is 1. The van der Waals surface area contributed by atoms with Crippen LogP contribution in [0, 0.1) is 0 Å². The van der Waals surface area contributed by atoms with Crippen molar-refractivity contribution in [2.45, 2.75) is 13.0 Å². The number of carbonyl (C=O) groups is 2. The van der Waals surface area contributed by atoms with Crippen molar-refractivity contribution in [3.05, 3.63) is 75.2 Å². The maximum absolute atomic E-state index is 12.5. The van der Waals surface area contributed by atoms with E-state index < -0.39 is 12.1 Å². The number of benzene rings is 2. The molecule has 0 N–H and O–H groups in total. The van der Waals surface area contributed by atoms with Crippen molar-refractivity contribution < 1.29 is 14.3 Å². The summed E-state index contributed by atoms with van der Waals surface area (Å²) < 4.78 is 6.36. The maximum atomic E-state index is 12.5. The number of hydrogen-bond acceptors (Lipinski definition) is 5. The van der Waals surface area contributed by atoms with E-state index in [-0.39, 0.29) is 17.0 Å². The van der Waals surface area contributed by atoms with Crippen LogP contribution in [0.15, 0.2) is 53.3 Å². The van der Waals surface area contributed by atoms with Crippen LogP contribution in [-0.4, -0.2) is 27.6 Å². The first-order valence-electron chi connectivity index (χ1n) is 7.85. The zero-order valence-electron chi connectivity index (χ0n) is 14.1. The highest BCUT2D eigenvalue weighted by Gasteiger charge is 2.23. The number of halogens is 1. The van der Waals surface area contributed by atoms with Gasteiger partial charge in [0.15, 0.2) is 11.8 Å². The van der Waals surface area contributed by atoms with E-state index >= 15 is 0 Å². The Morgan fingerprint density at radius 3 is 2.35 bits per heavy atom. The summed E-state index contributed by atoms with van der Waals surface area (Å²) in [7, 11) is 1.45. The Bertz CT molecular complexity index is 1060. The lowest BCUT2D eigenvalue weighted by Gasteiger charge is -2.13. The van der Waals surface area contributed by atoms with Crippen LogP contribution in [0.3, 0.4) is 0 Å². The number of hydrogen-bond donors (Lipinski definition) is 0. The molecule has 0 saturated carbocycles. The Morgan fingerprint density at radius 1 is 1.08 bits per heavy atom. The van der Waals surface area contributed by atoms with E-state index in [1.165, 1.54) is 14.0 Å². The molecule has 26 heavy (non-hydrogen) atoms. The number of nitrogens with zero attached hydrogens (tertiary/aromatic N) is 2.